The second-order valence-corrected chi connectivity index (χ2v) is 6.77. The summed E-state index contributed by atoms with van der Waals surface area (Å²) in [5.74, 6) is 0.984. The third-order valence-electron chi connectivity index (χ3n) is 4.98. The molecule has 0 aliphatic carbocycles. The molecule has 3 aromatic carbocycles. The number of nitrogens with zero attached hydrogens (tertiary/aromatic N) is 1. The van der Waals surface area contributed by atoms with Gasteiger partial charge in [0.05, 0.1) is 0 Å². The summed E-state index contributed by atoms with van der Waals surface area (Å²) in [6.07, 6.45) is -0.393. The lowest BCUT2D eigenvalue weighted by Gasteiger charge is -2.27. The molecule has 2 aliphatic rings. The van der Waals surface area contributed by atoms with E-state index in [4.69, 9.17) is 9.47 Å². The second kappa shape index (κ2) is 6.56. The average Bonchev–Trinajstić information content (AvgIpc) is 3.27. The zero-order valence-corrected chi connectivity index (χ0v) is 14.9. The van der Waals surface area contributed by atoms with Crippen LogP contribution in [-0.2, 0) is 6.54 Å². The molecule has 3 aromatic rings. The normalized spacial score (nSPS) is 17.0. The summed E-state index contributed by atoms with van der Waals surface area (Å²) in [5, 5.41) is 3.30. The Labute approximate surface area is 161 Å². The summed E-state index contributed by atoms with van der Waals surface area (Å²) < 4.78 is 24.4. The van der Waals surface area contributed by atoms with Crippen molar-refractivity contribution in [2.45, 2.75) is 12.7 Å². The van der Waals surface area contributed by atoms with E-state index in [1.807, 2.05) is 42.5 Å². The van der Waals surface area contributed by atoms with Crippen LogP contribution >= 0.6 is 0 Å². The lowest BCUT2D eigenvalue weighted by molar-refractivity contribution is 0.0728. The van der Waals surface area contributed by atoms with Gasteiger partial charge in [-0.1, -0.05) is 30.3 Å². The van der Waals surface area contributed by atoms with Gasteiger partial charge in [-0.15, -0.1) is 0 Å². The van der Waals surface area contributed by atoms with Crippen molar-refractivity contribution in [3.05, 3.63) is 89.2 Å². The van der Waals surface area contributed by atoms with E-state index in [1.165, 1.54) is 12.1 Å². The molecule has 2 aliphatic heterocycles. The minimum Gasteiger partial charge on any atom is -0.454 e. The van der Waals surface area contributed by atoms with Crippen LogP contribution in [-0.4, -0.2) is 17.6 Å². The first-order valence-corrected chi connectivity index (χ1v) is 8.99. The molecule has 0 spiro atoms. The van der Waals surface area contributed by atoms with E-state index >= 15 is 0 Å². The smallest absolute Gasteiger partial charge is 0.256 e. The monoisotopic (exact) mass is 376 g/mol. The van der Waals surface area contributed by atoms with Crippen LogP contribution in [0.4, 0.5) is 10.1 Å². The van der Waals surface area contributed by atoms with Gasteiger partial charge in [0.25, 0.3) is 5.91 Å². The maximum absolute atomic E-state index is 13.6. The van der Waals surface area contributed by atoms with E-state index < -0.39 is 6.17 Å². The molecule has 28 heavy (non-hydrogen) atoms. The maximum Gasteiger partial charge on any atom is 0.256 e. The van der Waals surface area contributed by atoms with Crippen molar-refractivity contribution < 1.29 is 18.7 Å². The molecule has 5 nitrogen and oxygen atoms in total. The highest BCUT2D eigenvalue weighted by Gasteiger charge is 2.36. The molecule has 5 rings (SSSR count). The maximum atomic E-state index is 13.6. The van der Waals surface area contributed by atoms with Gasteiger partial charge in [0.2, 0.25) is 6.79 Å². The molecule has 0 saturated carbocycles. The summed E-state index contributed by atoms with van der Waals surface area (Å²) in [6.45, 7) is 0.591. The molecule has 2 heterocycles. The number of halogens is 1. The minimum atomic E-state index is -0.393. The molecule has 0 bridgehead atoms. The number of amides is 1. The molecule has 0 aromatic heterocycles. The topological polar surface area (TPSA) is 50.8 Å². The van der Waals surface area contributed by atoms with Crippen LogP contribution in [0, 0.1) is 5.82 Å². The number of rotatable bonds is 4. The molecule has 0 saturated heterocycles. The van der Waals surface area contributed by atoms with Crippen molar-refractivity contribution >= 4 is 11.6 Å². The number of carbonyl (C=O) groups is 1. The van der Waals surface area contributed by atoms with Crippen LogP contribution in [0.15, 0.2) is 66.7 Å². The Balaban J connectivity index is 1.48. The van der Waals surface area contributed by atoms with Crippen LogP contribution in [0.5, 0.6) is 11.5 Å². The van der Waals surface area contributed by atoms with Crippen molar-refractivity contribution in [3.63, 3.8) is 0 Å². The molecule has 0 unspecified atom stereocenters. The third kappa shape index (κ3) is 2.83. The molecule has 0 radical (unpaired) electrons. The summed E-state index contributed by atoms with van der Waals surface area (Å²) in [6, 6.07) is 19.4. The summed E-state index contributed by atoms with van der Waals surface area (Å²) in [4.78, 5) is 14.8. The second-order valence-electron chi connectivity index (χ2n) is 6.77. The highest BCUT2D eigenvalue weighted by Crippen LogP contribution is 2.37. The fourth-order valence-electron chi connectivity index (χ4n) is 3.66. The van der Waals surface area contributed by atoms with Crippen molar-refractivity contribution in [1.29, 1.82) is 0 Å². The van der Waals surface area contributed by atoms with E-state index in [0.29, 0.717) is 29.3 Å². The number of nitrogens with one attached hydrogen (secondary N) is 1. The van der Waals surface area contributed by atoms with Gasteiger partial charge in [-0.25, -0.2) is 4.39 Å². The average molecular weight is 376 g/mol. The predicted molar refractivity (Wildman–Crippen MR) is 102 cm³/mol. The fourth-order valence-corrected chi connectivity index (χ4v) is 3.66. The number of fused-ring (bicyclic) bond motifs is 2. The summed E-state index contributed by atoms with van der Waals surface area (Å²) in [7, 11) is 0. The molecule has 0 fully saturated rings. The first kappa shape index (κ1) is 16.6. The van der Waals surface area contributed by atoms with Crippen LogP contribution in [0.2, 0.25) is 0 Å². The van der Waals surface area contributed by atoms with E-state index in [2.05, 4.69) is 5.32 Å². The Hall–Kier alpha value is -3.54. The molecule has 1 amide bonds. The fraction of sp³-hybridized carbons (Fsp3) is 0.136. The Kier molecular flexibility index (Phi) is 3.90. The Bertz CT molecular complexity index is 1070. The number of carbonyl (C=O) groups excluding carboxylic acids is 1. The Morgan fingerprint density at radius 3 is 2.75 bits per heavy atom. The quantitative estimate of drug-likeness (QED) is 0.737. The molecular formula is C22H17FN2O3. The summed E-state index contributed by atoms with van der Waals surface area (Å²) in [5.41, 5.74) is 3.07. The highest BCUT2D eigenvalue weighted by molar-refractivity contribution is 5.99. The van der Waals surface area contributed by atoms with E-state index in [0.717, 1.165) is 11.1 Å². The lowest BCUT2D eigenvalue weighted by Crippen LogP contribution is -2.31. The van der Waals surface area contributed by atoms with Crippen molar-refractivity contribution in [1.82, 2.24) is 4.90 Å². The number of anilines is 1. The molecule has 1 N–H and O–H groups in total. The van der Waals surface area contributed by atoms with Crippen molar-refractivity contribution in [2.24, 2.45) is 0 Å². The minimum absolute atomic E-state index is 0.0674. The molecule has 6 heteroatoms. The van der Waals surface area contributed by atoms with Gasteiger partial charge in [-0.05, 0) is 42.0 Å². The number of hydrogen-bond donors (Lipinski definition) is 1. The van der Waals surface area contributed by atoms with Crippen molar-refractivity contribution in [3.8, 4) is 11.5 Å². The van der Waals surface area contributed by atoms with Crippen LogP contribution in [0.1, 0.15) is 27.7 Å². The lowest BCUT2D eigenvalue weighted by atomic mass is 10.1. The van der Waals surface area contributed by atoms with Crippen molar-refractivity contribution in [2.75, 3.05) is 12.1 Å². The zero-order valence-electron chi connectivity index (χ0n) is 14.9. The molecule has 140 valence electrons. The Morgan fingerprint density at radius 1 is 1.00 bits per heavy atom. The first-order valence-electron chi connectivity index (χ1n) is 8.99. The summed E-state index contributed by atoms with van der Waals surface area (Å²) >= 11 is 0. The largest absolute Gasteiger partial charge is 0.454 e. The van der Waals surface area contributed by atoms with E-state index in [9.17, 15) is 9.18 Å². The zero-order chi connectivity index (χ0) is 19.1. The number of ether oxygens (including phenoxy) is 2. The van der Waals surface area contributed by atoms with Gasteiger partial charge in [0, 0.05) is 23.4 Å². The van der Waals surface area contributed by atoms with Gasteiger partial charge in [-0.2, -0.15) is 0 Å². The van der Waals surface area contributed by atoms with E-state index in [-0.39, 0.29) is 18.5 Å². The molecular weight excluding hydrogens is 359 g/mol. The number of benzene rings is 3. The SMILES string of the molecule is O=C1c2ccccc2[C@H](Nc2cccc(F)c2)N1Cc1ccc2c(c1)OCO2. The van der Waals surface area contributed by atoms with Gasteiger partial charge >= 0.3 is 0 Å². The predicted octanol–water partition coefficient (Wildman–Crippen LogP) is 4.32. The first-order chi connectivity index (χ1) is 13.7. The van der Waals surface area contributed by atoms with Crippen LogP contribution in [0.3, 0.4) is 0 Å². The Morgan fingerprint density at radius 2 is 1.86 bits per heavy atom. The standard InChI is InChI=1S/C22H17FN2O3/c23-15-4-3-5-16(11-15)24-21-17-6-1-2-7-18(17)22(26)25(21)12-14-8-9-19-20(10-14)28-13-27-19/h1-11,21,24H,12-13H2/t21-/m1/s1. The van der Waals surface area contributed by atoms with Crippen LogP contribution in [0.25, 0.3) is 0 Å². The number of hydrogen-bond acceptors (Lipinski definition) is 4. The van der Waals surface area contributed by atoms with Gasteiger partial charge in [-0.3, -0.25) is 4.79 Å². The van der Waals surface area contributed by atoms with Gasteiger partial charge in [0.15, 0.2) is 11.5 Å². The van der Waals surface area contributed by atoms with E-state index in [1.54, 1.807) is 17.0 Å². The highest BCUT2D eigenvalue weighted by atomic mass is 19.1. The third-order valence-corrected chi connectivity index (χ3v) is 4.98. The molecule has 1 atom stereocenters. The van der Waals surface area contributed by atoms with Crippen LogP contribution < -0.4 is 14.8 Å². The van der Waals surface area contributed by atoms with Gasteiger partial charge < -0.3 is 19.7 Å². The van der Waals surface area contributed by atoms with Gasteiger partial charge in [0.1, 0.15) is 12.0 Å².